The predicted octanol–water partition coefficient (Wildman–Crippen LogP) is 2.30. The number of hydrogen-bond acceptors (Lipinski definition) is 5. The van der Waals surface area contributed by atoms with Crippen molar-refractivity contribution in [3.8, 4) is 0 Å². The molecule has 4 rings (SSSR count). The summed E-state index contributed by atoms with van der Waals surface area (Å²) in [6.07, 6.45) is 3.21. The second-order valence-electron chi connectivity index (χ2n) is 8.91. The van der Waals surface area contributed by atoms with E-state index >= 15 is 0 Å². The summed E-state index contributed by atoms with van der Waals surface area (Å²) in [5.74, 6) is 0. The molecule has 156 valence electrons. The topological polar surface area (TPSA) is 33.2 Å². The number of β-amino-alcohol motifs (C(OH)–C–C–N with tert-alkyl or cyclic N) is 1. The highest BCUT2D eigenvalue weighted by atomic mass is 35.5. The van der Waals surface area contributed by atoms with Gasteiger partial charge in [-0.1, -0.05) is 17.7 Å². The fourth-order valence-corrected chi connectivity index (χ4v) is 5.30. The number of likely N-dealkylation sites (tertiary alicyclic amines) is 1. The maximum absolute atomic E-state index is 10.9. The van der Waals surface area contributed by atoms with Gasteiger partial charge in [-0.25, -0.2) is 0 Å². The SMILES string of the molecule is Cc1ccc(N2CCC(N3CC[C@@H](N4CCN(C)CC4)[C@H](O)C3)CC2)cc1Cl. The Kier molecular flexibility index (Phi) is 6.48. The zero-order valence-electron chi connectivity index (χ0n) is 17.4. The first-order chi connectivity index (χ1) is 13.5. The van der Waals surface area contributed by atoms with Crippen molar-refractivity contribution >= 4 is 17.3 Å². The van der Waals surface area contributed by atoms with E-state index in [-0.39, 0.29) is 6.10 Å². The van der Waals surface area contributed by atoms with E-state index in [4.69, 9.17) is 11.6 Å². The van der Waals surface area contributed by atoms with Crippen molar-refractivity contribution in [1.82, 2.24) is 14.7 Å². The number of likely N-dealkylation sites (N-methyl/N-ethyl adjacent to an activating group) is 1. The lowest BCUT2D eigenvalue weighted by Crippen LogP contribution is -2.60. The van der Waals surface area contributed by atoms with Gasteiger partial charge in [0.1, 0.15) is 0 Å². The van der Waals surface area contributed by atoms with E-state index in [1.54, 1.807) is 0 Å². The Labute approximate surface area is 174 Å². The Morgan fingerprint density at radius 2 is 1.64 bits per heavy atom. The van der Waals surface area contributed by atoms with E-state index in [2.05, 4.69) is 51.8 Å². The minimum Gasteiger partial charge on any atom is -0.390 e. The molecule has 0 bridgehead atoms. The number of nitrogens with zero attached hydrogens (tertiary/aromatic N) is 4. The van der Waals surface area contributed by atoms with Crippen molar-refractivity contribution in [3.05, 3.63) is 28.8 Å². The fraction of sp³-hybridized carbons (Fsp3) is 0.727. The number of rotatable bonds is 3. The van der Waals surface area contributed by atoms with E-state index in [1.165, 1.54) is 5.69 Å². The van der Waals surface area contributed by atoms with Gasteiger partial charge < -0.3 is 14.9 Å². The Bertz CT molecular complexity index is 656. The van der Waals surface area contributed by atoms with Crippen LogP contribution in [0.5, 0.6) is 0 Å². The smallest absolute Gasteiger partial charge is 0.0822 e. The van der Waals surface area contributed by atoms with Crippen LogP contribution in [0.3, 0.4) is 0 Å². The van der Waals surface area contributed by atoms with E-state index in [1.807, 2.05) is 0 Å². The number of aliphatic hydroxyl groups excluding tert-OH is 1. The molecule has 6 heteroatoms. The van der Waals surface area contributed by atoms with Crippen LogP contribution >= 0.6 is 11.6 Å². The molecule has 0 saturated carbocycles. The molecule has 0 unspecified atom stereocenters. The summed E-state index contributed by atoms with van der Waals surface area (Å²) in [5, 5.41) is 11.7. The molecule has 0 aromatic heterocycles. The molecule has 1 aromatic rings. The molecule has 1 N–H and O–H groups in total. The molecule has 0 radical (unpaired) electrons. The number of piperidine rings is 2. The normalized spacial score (nSPS) is 29.4. The van der Waals surface area contributed by atoms with Crippen molar-refractivity contribution in [1.29, 1.82) is 0 Å². The third kappa shape index (κ3) is 4.49. The van der Waals surface area contributed by atoms with Gasteiger partial charge in [0.15, 0.2) is 0 Å². The Morgan fingerprint density at radius 3 is 2.29 bits per heavy atom. The Balaban J connectivity index is 1.28. The zero-order chi connectivity index (χ0) is 19.7. The molecular weight excluding hydrogens is 372 g/mol. The van der Waals surface area contributed by atoms with Crippen LogP contribution in [-0.4, -0.2) is 97.4 Å². The second kappa shape index (κ2) is 8.88. The summed E-state index contributed by atoms with van der Waals surface area (Å²) in [6, 6.07) is 7.35. The average Bonchev–Trinajstić information content (AvgIpc) is 2.71. The molecule has 3 aliphatic rings. The van der Waals surface area contributed by atoms with Gasteiger partial charge in [0.05, 0.1) is 6.10 Å². The molecule has 3 heterocycles. The summed E-state index contributed by atoms with van der Waals surface area (Å²) in [7, 11) is 2.19. The summed E-state index contributed by atoms with van der Waals surface area (Å²) >= 11 is 6.32. The molecule has 1 aromatic carbocycles. The van der Waals surface area contributed by atoms with Gasteiger partial charge in [-0.2, -0.15) is 0 Å². The van der Waals surface area contributed by atoms with E-state index in [9.17, 15) is 5.11 Å². The maximum Gasteiger partial charge on any atom is 0.0822 e. The summed E-state index contributed by atoms with van der Waals surface area (Å²) in [6.45, 7) is 10.6. The molecule has 5 nitrogen and oxygen atoms in total. The second-order valence-corrected chi connectivity index (χ2v) is 9.32. The highest BCUT2D eigenvalue weighted by Crippen LogP contribution is 2.28. The zero-order valence-corrected chi connectivity index (χ0v) is 18.1. The van der Waals surface area contributed by atoms with Crippen molar-refractivity contribution in [3.63, 3.8) is 0 Å². The molecule has 0 spiro atoms. The summed E-state index contributed by atoms with van der Waals surface area (Å²) in [4.78, 5) is 9.91. The van der Waals surface area contributed by atoms with E-state index < -0.39 is 0 Å². The van der Waals surface area contributed by atoms with Crippen LogP contribution < -0.4 is 4.90 Å². The quantitative estimate of drug-likeness (QED) is 0.832. The minimum atomic E-state index is -0.217. The number of benzene rings is 1. The summed E-state index contributed by atoms with van der Waals surface area (Å²) < 4.78 is 0. The Hall–Kier alpha value is -0.850. The standard InChI is InChI=1S/C22H35ClN4O/c1-17-3-4-19(15-20(17)23)25-8-5-18(6-9-25)27-10-7-21(22(28)16-27)26-13-11-24(2)12-14-26/h3-4,15,18,21-22,28H,5-14,16H2,1-2H3/t21-,22-/m1/s1. The molecular formula is C22H35ClN4O. The molecule has 3 fully saturated rings. The number of aryl methyl sites for hydroxylation is 1. The van der Waals surface area contributed by atoms with Crippen LogP contribution in [0.2, 0.25) is 5.02 Å². The van der Waals surface area contributed by atoms with Crippen LogP contribution in [0, 0.1) is 6.92 Å². The monoisotopic (exact) mass is 406 g/mol. The lowest BCUT2D eigenvalue weighted by Gasteiger charge is -2.47. The lowest BCUT2D eigenvalue weighted by atomic mass is 9.94. The largest absolute Gasteiger partial charge is 0.390 e. The van der Waals surface area contributed by atoms with Crippen LogP contribution in [0.15, 0.2) is 18.2 Å². The first kappa shape index (κ1) is 20.4. The van der Waals surface area contributed by atoms with Crippen molar-refractivity contribution in [2.24, 2.45) is 0 Å². The highest BCUT2D eigenvalue weighted by molar-refractivity contribution is 6.31. The van der Waals surface area contributed by atoms with Gasteiger partial charge >= 0.3 is 0 Å². The molecule has 28 heavy (non-hydrogen) atoms. The highest BCUT2D eigenvalue weighted by Gasteiger charge is 2.36. The molecule has 3 aliphatic heterocycles. The molecule has 2 atom stereocenters. The van der Waals surface area contributed by atoms with E-state index in [0.29, 0.717) is 12.1 Å². The van der Waals surface area contributed by atoms with Gasteiger partial charge in [-0.3, -0.25) is 9.80 Å². The maximum atomic E-state index is 10.9. The van der Waals surface area contributed by atoms with E-state index in [0.717, 1.165) is 82.2 Å². The third-order valence-electron chi connectivity index (χ3n) is 7.09. The van der Waals surface area contributed by atoms with Crippen molar-refractivity contribution in [2.45, 2.75) is 44.4 Å². The van der Waals surface area contributed by atoms with Crippen molar-refractivity contribution in [2.75, 3.05) is 64.3 Å². The predicted molar refractivity (Wildman–Crippen MR) is 116 cm³/mol. The summed E-state index contributed by atoms with van der Waals surface area (Å²) in [5.41, 5.74) is 2.38. The van der Waals surface area contributed by atoms with Gasteiger partial charge in [0.25, 0.3) is 0 Å². The van der Waals surface area contributed by atoms with Gasteiger partial charge in [0.2, 0.25) is 0 Å². The average molecular weight is 407 g/mol. The van der Waals surface area contributed by atoms with Crippen molar-refractivity contribution < 1.29 is 5.11 Å². The van der Waals surface area contributed by atoms with Gasteiger partial charge in [-0.15, -0.1) is 0 Å². The number of anilines is 1. The molecule has 0 amide bonds. The third-order valence-corrected chi connectivity index (χ3v) is 7.49. The fourth-order valence-electron chi connectivity index (χ4n) is 5.12. The first-order valence-corrected chi connectivity index (χ1v) is 11.2. The number of piperazine rings is 1. The van der Waals surface area contributed by atoms with Gasteiger partial charge in [0, 0.05) is 75.2 Å². The van der Waals surface area contributed by atoms with Crippen LogP contribution in [0.25, 0.3) is 0 Å². The number of aliphatic hydroxyl groups is 1. The number of halogens is 1. The van der Waals surface area contributed by atoms with Gasteiger partial charge in [-0.05, 0) is 50.9 Å². The van der Waals surface area contributed by atoms with Crippen LogP contribution in [-0.2, 0) is 0 Å². The lowest BCUT2D eigenvalue weighted by molar-refractivity contribution is -0.0396. The molecule has 3 saturated heterocycles. The minimum absolute atomic E-state index is 0.217. The first-order valence-electron chi connectivity index (χ1n) is 10.9. The Morgan fingerprint density at radius 1 is 0.929 bits per heavy atom. The molecule has 0 aliphatic carbocycles. The van der Waals surface area contributed by atoms with Crippen LogP contribution in [0.1, 0.15) is 24.8 Å². The van der Waals surface area contributed by atoms with Crippen LogP contribution in [0.4, 0.5) is 5.69 Å². The number of hydrogen-bond donors (Lipinski definition) is 1.